The number of aliphatic imine (C=N–C) groups is 1. The van der Waals surface area contributed by atoms with Crippen molar-refractivity contribution in [2.75, 3.05) is 39.1 Å². The summed E-state index contributed by atoms with van der Waals surface area (Å²) in [5, 5.41) is 6.89. The maximum absolute atomic E-state index is 14.0. The summed E-state index contributed by atoms with van der Waals surface area (Å²) >= 11 is 0. The Morgan fingerprint density at radius 2 is 1.97 bits per heavy atom. The second kappa shape index (κ2) is 12.2. The van der Waals surface area contributed by atoms with Crippen LogP contribution in [0, 0.1) is 12.7 Å². The minimum Gasteiger partial charge on any atom is -0.356 e. The van der Waals surface area contributed by atoms with E-state index in [0.717, 1.165) is 49.0 Å². The molecule has 1 saturated heterocycles. The van der Waals surface area contributed by atoms with Crippen LogP contribution in [0.25, 0.3) is 0 Å². The lowest BCUT2D eigenvalue weighted by molar-refractivity contribution is 0.392. The van der Waals surface area contributed by atoms with Crippen LogP contribution in [0.1, 0.15) is 29.7 Å². The van der Waals surface area contributed by atoms with Crippen molar-refractivity contribution >= 4 is 35.8 Å². The molecule has 0 atom stereocenters. The molecule has 0 bridgehead atoms. The third kappa shape index (κ3) is 7.60. The quantitative estimate of drug-likeness (QED) is 0.334. The summed E-state index contributed by atoms with van der Waals surface area (Å²) in [4.78, 5) is 13.3. The van der Waals surface area contributed by atoms with Crippen LogP contribution in [0.3, 0.4) is 0 Å². The highest BCUT2D eigenvalue weighted by Gasteiger charge is 2.21. The molecule has 1 fully saturated rings. The van der Waals surface area contributed by atoms with Crippen LogP contribution in [0.15, 0.2) is 41.4 Å². The molecular formula is C23H34FIN6. The molecule has 1 aliphatic heterocycles. The molecule has 0 amide bonds. The molecule has 0 unspecified atom stereocenters. The SMILES string of the molecule is CN=C(NCc1ccc(F)c(CN(C)C)c1)NC1CCN(c2cccc(C)n2)CC1.I. The minimum atomic E-state index is -0.162. The van der Waals surface area contributed by atoms with E-state index in [1.54, 1.807) is 13.1 Å². The fourth-order valence-electron chi connectivity index (χ4n) is 3.73. The number of halogens is 2. The first-order valence-electron chi connectivity index (χ1n) is 10.5. The number of aryl methyl sites for hydroxylation is 1. The third-order valence-corrected chi connectivity index (χ3v) is 5.31. The van der Waals surface area contributed by atoms with Crippen LogP contribution < -0.4 is 15.5 Å². The van der Waals surface area contributed by atoms with Crippen LogP contribution in [0.5, 0.6) is 0 Å². The van der Waals surface area contributed by atoms with Gasteiger partial charge in [-0.2, -0.15) is 0 Å². The third-order valence-electron chi connectivity index (χ3n) is 5.31. The number of anilines is 1. The Morgan fingerprint density at radius 3 is 2.61 bits per heavy atom. The van der Waals surface area contributed by atoms with Crippen molar-refractivity contribution in [3.63, 3.8) is 0 Å². The molecule has 0 spiro atoms. The number of hydrogen-bond acceptors (Lipinski definition) is 4. The molecule has 0 radical (unpaired) electrons. The van der Waals surface area contributed by atoms with Crippen molar-refractivity contribution < 1.29 is 4.39 Å². The second-order valence-electron chi connectivity index (χ2n) is 8.13. The van der Waals surface area contributed by atoms with Crippen LogP contribution in [-0.4, -0.2) is 56.1 Å². The number of nitrogens with one attached hydrogen (secondary N) is 2. The number of rotatable bonds is 6. The fourth-order valence-corrected chi connectivity index (χ4v) is 3.73. The van der Waals surface area contributed by atoms with Gasteiger partial charge < -0.3 is 20.4 Å². The smallest absolute Gasteiger partial charge is 0.191 e. The number of hydrogen-bond donors (Lipinski definition) is 2. The summed E-state index contributed by atoms with van der Waals surface area (Å²) in [6, 6.07) is 11.8. The van der Waals surface area contributed by atoms with Gasteiger partial charge in [0.25, 0.3) is 0 Å². The first kappa shape index (κ1) is 25.3. The van der Waals surface area contributed by atoms with Gasteiger partial charge in [-0.3, -0.25) is 4.99 Å². The fraction of sp³-hybridized carbons (Fsp3) is 0.478. The zero-order valence-corrected chi connectivity index (χ0v) is 21.2. The van der Waals surface area contributed by atoms with E-state index in [1.807, 2.05) is 44.1 Å². The van der Waals surface area contributed by atoms with Gasteiger partial charge in [-0.25, -0.2) is 9.37 Å². The molecule has 170 valence electrons. The van der Waals surface area contributed by atoms with E-state index in [1.165, 1.54) is 0 Å². The van der Waals surface area contributed by atoms with Crippen molar-refractivity contribution in [1.29, 1.82) is 0 Å². The Hall–Kier alpha value is -1.94. The van der Waals surface area contributed by atoms with Gasteiger partial charge in [0, 0.05) is 50.5 Å². The van der Waals surface area contributed by atoms with Gasteiger partial charge in [0.2, 0.25) is 0 Å². The second-order valence-corrected chi connectivity index (χ2v) is 8.13. The van der Waals surface area contributed by atoms with Gasteiger partial charge >= 0.3 is 0 Å². The Balaban J connectivity index is 0.00000341. The monoisotopic (exact) mass is 540 g/mol. The minimum absolute atomic E-state index is 0. The number of guanidine groups is 1. The topological polar surface area (TPSA) is 55.8 Å². The lowest BCUT2D eigenvalue weighted by Gasteiger charge is -2.34. The summed E-state index contributed by atoms with van der Waals surface area (Å²) in [7, 11) is 5.66. The van der Waals surface area contributed by atoms with Gasteiger partial charge in [0.1, 0.15) is 11.6 Å². The predicted octanol–water partition coefficient (Wildman–Crippen LogP) is 3.54. The van der Waals surface area contributed by atoms with Crippen molar-refractivity contribution in [3.8, 4) is 0 Å². The Morgan fingerprint density at radius 1 is 1.23 bits per heavy atom. The zero-order valence-electron chi connectivity index (χ0n) is 18.9. The lowest BCUT2D eigenvalue weighted by Crippen LogP contribution is -2.48. The number of piperidine rings is 1. The number of aromatic nitrogens is 1. The molecule has 31 heavy (non-hydrogen) atoms. The molecule has 1 aromatic heterocycles. The molecular weight excluding hydrogens is 506 g/mol. The maximum Gasteiger partial charge on any atom is 0.191 e. The van der Waals surface area contributed by atoms with E-state index in [2.05, 4.69) is 37.6 Å². The normalized spacial score (nSPS) is 15.0. The molecule has 1 aromatic carbocycles. The van der Waals surface area contributed by atoms with Gasteiger partial charge in [0.05, 0.1) is 0 Å². The summed E-state index contributed by atoms with van der Waals surface area (Å²) < 4.78 is 14.0. The van der Waals surface area contributed by atoms with E-state index < -0.39 is 0 Å². The molecule has 6 nitrogen and oxygen atoms in total. The highest BCUT2D eigenvalue weighted by molar-refractivity contribution is 14.0. The van der Waals surface area contributed by atoms with E-state index in [4.69, 9.17) is 0 Å². The molecule has 2 N–H and O–H groups in total. The Bertz CT molecular complexity index is 865. The first-order chi connectivity index (χ1) is 14.4. The number of nitrogens with zero attached hydrogens (tertiary/aromatic N) is 4. The van der Waals surface area contributed by atoms with Gasteiger partial charge in [-0.1, -0.05) is 12.1 Å². The average Bonchev–Trinajstić information content (AvgIpc) is 2.73. The van der Waals surface area contributed by atoms with Gasteiger partial charge in [-0.05, 0) is 63.7 Å². The summed E-state index contributed by atoms with van der Waals surface area (Å²) in [6.07, 6.45) is 2.06. The van der Waals surface area contributed by atoms with E-state index in [-0.39, 0.29) is 29.8 Å². The standard InChI is InChI=1S/C23H33FN6.HI/c1-17-6-5-7-22(27-17)30-12-10-20(11-13-30)28-23(25-2)26-15-18-8-9-21(24)19(14-18)16-29(3)4;/h5-9,14,20H,10-13,15-16H2,1-4H3,(H2,25,26,28);1H. The maximum atomic E-state index is 14.0. The van der Waals surface area contributed by atoms with Crippen LogP contribution in [-0.2, 0) is 13.1 Å². The van der Waals surface area contributed by atoms with Crippen LogP contribution in [0.4, 0.5) is 10.2 Å². The Kier molecular flexibility index (Phi) is 9.95. The molecule has 0 aliphatic carbocycles. The van der Waals surface area contributed by atoms with Crippen molar-refractivity contribution in [2.45, 2.75) is 38.9 Å². The summed E-state index contributed by atoms with van der Waals surface area (Å²) in [5.74, 6) is 1.67. The number of pyridine rings is 1. The summed E-state index contributed by atoms with van der Waals surface area (Å²) in [6.45, 7) is 5.15. The Labute approximate surface area is 202 Å². The lowest BCUT2D eigenvalue weighted by atomic mass is 10.1. The molecule has 1 aliphatic rings. The highest BCUT2D eigenvalue weighted by Crippen LogP contribution is 2.18. The van der Waals surface area contributed by atoms with Crippen molar-refractivity contribution in [3.05, 3.63) is 59.0 Å². The molecule has 0 saturated carbocycles. The molecule has 3 rings (SSSR count). The van der Waals surface area contributed by atoms with E-state index in [9.17, 15) is 4.39 Å². The summed E-state index contributed by atoms with van der Waals surface area (Å²) in [5.41, 5.74) is 2.79. The highest BCUT2D eigenvalue weighted by atomic mass is 127. The predicted molar refractivity (Wildman–Crippen MR) is 137 cm³/mol. The van der Waals surface area contributed by atoms with E-state index in [0.29, 0.717) is 24.7 Å². The van der Waals surface area contributed by atoms with Crippen molar-refractivity contribution in [1.82, 2.24) is 20.5 Å². The zero-order chi connectivity index (χ0) is 21.5. The van der Waals surface area contributed by atoms with Crippen LogP contribution in [0.2, 0.25) is 0 Å². The molecule has 2 aromatic rings. The number of benzene rings is 1. The van der Waals surface area contributed by atoms with Gasteiger partial charge in [0.15, 0.2) is 5.96 Å². The average molecular weight is 540 g/mol. The van der Waals surface area contributed by atoms with E-state index >= 15 is 0 Å². The first-order valence-corrected chi connectivity index (χ1v) is 10.5. The molecule has 8 heteroatoms. The van der Waals surface area contributed by atoms with Gasteiger partial charge in [-0.15, -0.1) is 24.0 Å². The largest absolute Gasteiger partial charge is 0.356 e. The van der Waals surface area contributed by atoms with Crippen molar-refractivity contribution in [2.24, 2.45) is 4.99 Å². The van der Waals surface area contributed by atoms with Crippen LogP contribution >= 0.6 is 24.0 Å². The molecule has 2 heterocycles.